The van der Waals surface area contributed by atoms with Gasteiger partial charge in [-0.25, -0.2) is 4.68 Å². The average Bonchev–Trinajstić information content (AvgIpc) is 3.06. The lowest BCUT2D eigenvalue weighted by molar-refractivity contribution is -0.114. The number of allylic oxidation sites excluding steroid dienone is 2. The van der Waals surface area contributed by atoms with Crippen LogP contribution in [0.3, 0.4) is 0 Å². The third kappa shape index (κ3) is 4.18. The fraction of sp³-hybridized carbons (Fsp3) is 0.450. The molecule has 1 aromatic carbocycles. The minimum absolute atomic E-state index is 0.0280. The van der Waals surface area contributed by atoms with Crippen molar-refractivity contribution in [2.24, 2.45) is 0 Å². The molecule has 0 radical (unpaired) electrons. The van der Waals surface area contributed by atoms with Crippen LogP contribution in [0.15, 0.2) is 40.7 Å². The van der Waals surface area contributed by atoms with Gasteiger partial charge in [-0.15, -0.1) is 5.10 Å². The molecule has 0 fully saturated rings. The summed E-state index contributed by atoms with van der Waals surface area (Å²) in [6.07, 6.45) is 2.02. The predicted octanol–water partition coefficient (Wildman–Crippen LogP) is 4.45. The highest BCUT2D eigenvalue weighted by atomic mass is 32.2. The molecule has 1 atom stereocenters. The second-order valence-electron chi connectivity index (χ2n) is 6.55. The molecule has 2 aromatic rings. The second kappa shape index (κ2) is 8.61. The lowest BCUT2D eigenvalue weighted by atomic mass is 9.93. The molecule has 1 N–H and O–H groups in total. The van der Waals surface area contributed by atoms with E-state index in [9.17, 15) is 4.79 Å². The molecule has 0 saturated heterocycles. The van der Waals surface area contributed by atoms with E-state index < -0.39 is 0 Å². The van der Waals surface area contributed by atoms with Gasteiger partial charge in [0, 0.05) is 17.0 Å². The van der Waals surface area contributed by atoms with Gasteiger partial charge >= 0.3 is 0 Å². The number of nitrogens with one attached hydrogen (secondary N) is 1. The zero-order valence-corrected chi connectivity index (χ0v) is 17.1. The zero-order chi connectivity index (χ0) is 19.4. The van der Waals surface area contributed by atoms with E-state index in [1.54, 1.807) is 18.7 Å². The summed E-state index contributed by atoms with van der Waals surface area (Å²) in [6.45, 7) is 8.41. The maximum absolute atomic E-state index is 12.4. The van der Waals surface area contributed by atoms with Crippen molar-refractivity contribution in [2.45, 2.75) is 51.7 Å². The number of benzene rings is 1. The zero-order valence-electron chi connectivity index (χ0n) is 16.3. The minimum Gasteiger partial charge on any atom is -0.494 e. The van der Waals surface area contributed by atoms with Crippen molar-refractivity contribution in [3.63, 3.8) is 0 Å². The first-order valence-electron chi connectivity index (χ1n) is 9.36. The van der Waals surface area contributed by atoms with Gasteiger partial charge in [0.2, 0.25) is 11.1 Å². The molecule has 1 aliphatic heterocycles. The summed E-state index contributed by atoms with van der Waals surface area (Å²) in [5, 5.41) is 8.64. The molecule has 0 aliphatic carbocycles. The standard InChI is InChI=1S/C20H26N4O2S/c1-5-11-26-16-9-7-15(8-10-16)18-17(14(4)25)13(3)21-19-22-20(23-24(18)19)27-12-6-2/h7-10,18H,5-6,11-12H2,1-4H3,(H,21,22,23). The Hall–Kier alpha value is -2.28. The number of thioether (sulfide) groups is 1. The number of hydrogen-bond acceptors (Lipinski definition) is 6. The van der Waals surface area contributed by atoms with Gasteiger partial charge < -0.3 is 10.1 Å². The third-order valence-electron chi connectivity index (χ3n) is 4.32. The van der Waals surface area contributed by atoms with Crippen LogP contribution < -0.4 is 10.1 Å². The molecule has 0 amide bonds. The largest absolute Gasteiger partial charge is 0.494 e. The Bertz CT molecular complexity index is 842. The van der Waals surface area contributed by atoms with E-state index in [1.807, 2.05) is 35.9 Å². The van der Waals surface area contributed by atoms with Crippen molar-refractivity contribution < 1.29 is 9.53 Å². The normalized spacial score (nSPS) is 16.1. The molecule has 0 saturated carbocycles. The third-order valence-corrected chi connectivity index (χ3v) is 5.36. The van der Waals surface area contributed by atoms with Gasteiger partial charge in [0.15, 0.2) is 5.78 Å². The molecule has 2 heterocycles. The van der Waals surface area contributed by atoms with E-state index in [1.165, 1.54) is 0 Å². The van der Waals surface area contributed by atoms with Crippen LogP contribution in [0.25, 0.3) is 0 Å². The highest BCUT2D eigenvalue weighted by molar-refractivity contribution is 7.99. The highest BCUT2D eigenvalue weighted by Crippen LogP contribution is 2.37. The lowest BCUT2D eigenvalue weighted by Gasteiger charge is -2.28. The van der Waals surface area contributed by atoms with Gasteiger partial charge in [-0.3, -0.25) is 4.79 Å². The number of fused-ring (bicyclic) bond motifs is 1. The Kier molecular flexibility index (Phi) is 6.21. The van der Waals surface area contributed by atoms with Crippen LogP contribution in [0, 0.1) is 0 Å². The molecule has 0 spiro atoms. The molecule has 27 heavy (non-hydrogen) atoms. The summed E-state index contributed by atoms with van der Waals surface area (Å²) in [6, 6.07) is 7.61. The quantitative estimate of drug-likeness (QED) is 0.676. The Morgan fingerprint density at radius 1 is 1.26 bits per heavy atom. The molecule has 1 aromatic heterocycles. The first-order valence-corrected chi connectivity index (χ1v) is 10.3. The Morgan fingerprint density at radius 3 is 2.63 bits per heavy atom. The molecule has 1 aliphatic rings. The molecular formula is C20H26N4O2S. The van der Waals surface area contributed by atoms with Crippen molar-refractivity contribution in [3.05, 3.63) is 41.1 Å². The number of carbonyl (C=O) groups excluding carboxylic acids is 1. The second-order valence-corrected chi connectivity index (χ2v) is 7.61. The van der Waals surface area contributed by atoms with Crippen molar-refractivity contribution in [2.75, 3.05) is 17.7 Å². The average molecular weight is 387 g/mol. The number of hydrogen-bond donors (Lipinski definition) is 1. The monoisotopic (exact) mass is 386 g/mol. The van der Waals surface area contributed by atoms with Crippen molar-refractivity contribution in [1.29, 1.82) is 0 Å². The van der Waals surface area contributed by atoms with Crippen LogP contribution >= 0.6 is 11.8 Å². The highest BCUT2D eigenvalue weighted by Gasteiger charge is 2.32. The van der Waals surface area contributed by atoms with Crippen LogP contribution in [-0.2, 0) is 4.79 Å². The summed E-state index contributed by atoms with van der Waals surface area (Å²) in [5.41, 5.74) is 2.52. The fourth-order valence-electron chi connectivity index (χ4n) is 3.12. The van der Waals surface area contributed by atoms with Crippen LogP contribution in [0.4, 0.5) is 5.95 Å². The van der Waals surface area contributed by atoms with Gasteiger partial charge in [0.1, 0.15) is 11.8 Å². The van der Waals surface area contributed by atoms with Crippen molar-refractivity contribution in [3.8, 4) is 5.75 Å². The van der Waals surface area contributed by atoms with E-state index >= 15 is 0 Å². The Balaban J connectivity index is 1.99. The maximum Gasteiger partial charge on any atom is 0.227 e. The summed E-state index contributed by atoms with van der Waals surface area (Å²) in [5.74, 6) is 2.49. The first-order chi connectivity index (χ1) is 13.0. The van der Waals surface area contributed by atoms with Crippen molar-refractivity contribution in [1.82, 2.24) is 14.8 Å². The number of rotatable bonds is 8. The smallest absolute Gasteiger partial charge is 0.227 e. The number of aromatic nitrogens is 3. The molecule has 7 heteroatoms. The number of carbonyl (C=O) groups is 1. The van der Waals surface area contributed by atoms with E-state index in [0.29, 0.717) is 18.1 Å². The summed E-state index contributed by atoms with van der Waals surface area (Å²) < 4.78 is 7.50. The van der Waals surface area contributed by atoms with E-state index in [4.69, 9.17) is 4.74 Å². The topological polar surface area (TPSA) is 69.0 Å². The molecular weight excluding hydrogens is 360 g/mol. The molecule has 6 nitrogen and oxygen atoms in total. The van der Waals surface area contributed by atoms with Crippen LogP contribution in [0.5, 0.6) is 5.75 Å². The SMILES string of the molecule is CCCOc1ccc(C2C(C(C)=O)=C(C)Nc3nc(SCCC)nn32)cc1. The summed E-state index contributed by atoms with van der Waals surface area (Å²) >= 11 is 1.63. The van der Waals surface area contributed by atoms with Crippen LogP contribution in [0.1, 0.15) is 52.1 Å². The Labute approximate surface area is 164 Å². The van der Waals surface area contributed by atoms with Gasteiger partial charge in [-0.05, 0) is 44.4 Å². The number of ether oxygens (including phenoxy) is 1. The Morgan fingerprint density at radius 2 is 2.00 bits per heavy atom. The number of anilines is 1. The number of ketones is 1. The minimum atomic E-state index is -0.289. The number of Topliss-reactive ketones (excluding diaryl/α,β-unsaturated/α-hetero) is 1. The number of nitrogens with zero attached hydrogens (tertiary/aromatic N) is 3. The maximum atomic E-state index is 12.4. The van der Waals surface area contributed by atoms with E-state index in [-0.39, 0.29) is 11.8 Å². The van der Waals surface area contributed by atoms with Crippen molar-refractivity contribution >= 4 is 23.5 Å². The van der Waals surface area contributed by atoms with Crippen LogP contribution in [-0.4, -0.2) is 32.9 Å². The molecule has 1 unspecified atom stereocenters. The van der Waals surface area contributed by atoms with Gasteiger partial charge in [-0.1, -0.05) is 37.7 Å². The lowest BCUT2D eigenvalue weighted by Crippen LogP contribution is -2.27. The molecule has 3 rings (SSSR count). The molecule has 144 valence electrons. The van der Waals surface area contributed by atoms with E-state index in [0.717, 1.165) is 40.8 Å². The van der Waals surface area contributed by atoms with E-state index in [2.05, 4.69) is 29.2 Å². The van der Waals surface area contributed by atoms with Gasteiger partial charge in [-0.2, -0.15) is 4.98 Å². The summed E-state index contributed by atoms with van der Waals surface area (Å²) in [7, 11) is 0. The first kappa shape index (κ1) is 19.5. The fourth-order valence-corrected chi connectivity index (χ4v) is 3.80. The van der Waals surface area contributed by atoms with Crippen LogP contribution in [0.2, 0.25) is 0 Å². The van der Waals surface area contributed by atoms with Gasteiger partial charge in [0.05, 0.1) is 6.61 Å². The molecule has 0 bridgehead atoms. The predicted molar refractivity (Wildman–Crippen MR) is 108 cm³/mol. The van der Waals surface area contributed by atoms with Gasteiger partial charge in [0.25, 0.3) is 0 Å². The summed E-state index contributed by atoms with van der Waals surface area (Å²) in [4.78, 5) is 17.0.